The average Bonchev–Trinajstić information content (AvgIpc) is 3.22. The van der Waals surface area contributed by atoms with E-state index in [2.05, 4.69) is 21.2 Å². The Kier molecular flexibility index (Phi) is 5.43. The average molecular weight is 436 g/mol. The van der Waals surface area contributed by atoms with Crippen molar-refractivity contribution < 1.29 is 23.8 Å². The third kappa shape index (κ3) is 3.97. The Labute approximate surface area is 161 Å². The van der Waals surface area contributed by atoms with Crippen molar-refractivity contribution in [2.45, 2.75) is 6.92 Å². The number of anilines is 1. The third-order valence-electron chi connectivity index (χ3n) is 3.42. The number of hydrogen-bond donors (Lipinski definition) is 2. The fraction of sp³-hybridized carbons (Fsp3) is 0.111. The second-order valence-electron chi connectivity index (χ2n) is 5.17. The second kappa shape index (κ2) is 7.76. The van der Waals surface area contributed by atoms with E-state index in [4.69, 9.17) is 9.15 Å². The molecule has 2 aromatic heterocycles. The Morgan fingerprint density at radius 3 is 2.54 bits per heavy atom. The van der Waals surface area contributed by atoms with Gasteiger partial charge in [-0.25, -0.2) is 4.79 Å². The van der Waals surface area contributed by atoms with Crippen molar-refractivity contribution in [3.05, 3.63) is 57.8 Å². The van der Waals surface area contributed by atoms with E-state index in [1.165, 1.54) is 6.07 Å². The van der Waals surface area contributed by atoms with Gasteiger partial charge in [0.25, 0.3) is 5.91 Å². The van der Waals surface area contributed by atoms with Crippen LogP contribution in [0.5, 0.6) is 5.75 Å². The van der Waals surface area contributed by atoms with Gasteiger partial charge in [-0.3, -0.25) is 4.79 Å². The number of thiophene rings is 1. The molecule has 1 aromatic carbocycles. The first-order valence-electron chi connectivity index (χ1n) is 7.65. The lowest BCUT2D eigenvalue weighted by Crippen LogP contribution is -2.12. The van der Waals surface area contributed by atoms with Crippen molar-refractivity contribution in [1.29, 1.82) is 0 Å². The lowest BCUT2D eigenvalue weighted by molar-refractivity contribution is 0.0703. The van der Waals surface area contributed by atoms with Gasteiger partial charge in [0.15, 0.2) is 10.4 Å². The Morgan fingerprint density at radius 2 is 1.96 bits per heavy atom. The summed E-state index contributed by atoms with van der Waals surface area (Å²) < 4.78 is 11.0. The normalized spacial score (nSPS) is 10.5. The van der Waals surface area contributed by atoms with Crippen LogP contribution in [0.25, 0.3) is 10.4 Å². The molecule has 8 heteroatoms. The molecular weight excluding hydrogens is 422 g/mol. The maximum atomic E-state index is 12.2. The van der Waals surface area contributed by atoms with Gasteiger partial charge in [0.05, 0.1) is 12.3 Å². The molecular formula is C18H14BrNO5S. The predicted molar refractivity (Wildman–Crippen MR) is 102 cm³/mol. The van der Waals surface area contributed by atoms with Crippen LogP contribution in [0.15, 0.2) is 51.6 Å². The highest BCUT2D eigenvalue weighted by molar-refractivity contribution is 9.10. The van der Waals surface area contributed by atoms with Gasteiger partial charge in [-0.2, -0.15) is 0 Å². The van der Waals surface area contributed by atoms with Gasteiger partial charge in [0.2, 0.25) is 0 Å². The number of benzene rings is 1. The summed E-state index contributed by atoms with van der Waals surface area (Å²) in [6.07, 6.45) is 0. The maximum Gasteiger partial charge on any atom is 0.348 e. The molecule has 0 aliphatic carbocycles. The number of carbonyl (C=O) groups excluding carboxylic acids is 1. The van der Waals surface area contributed by atoms with Crippen molar-refractivity contribution in [1.82, 2.24) is 0 Å². The summed E-state index contributed by atoms with van der Waals surface area (Å²) in [6, 6.07) is 12.1. The topological polar surface area (TPSA) is 88.8 Å². The van der Waals surface area contributed by atoms with E-state index >= 15 is 0 Å². The van der Waals surface area contributed by atoms with Crippen LogP contribution in [0.1, 0.15) is 27.2 Å². The first kappa shape index (κ1) is 18.2. The molecule has 2 N–H and O–H groups in total. The number of amides is 1. The van der Waals surface area contributed by atoms with Crippen LogP contribution >= 0.6 is 27.3 Å². The molecule has 134 valence electrons. The molecule has 0 saturated carbocycles. The summed E-state index contributed by atoms with van der Waals surface area (Å²) >= 11 is 4.21. The van der Waals surface area contributed by atoms with Crippen molar-refractivity contribution in [3.63, 3.8) is 0 Å². The van der Waals surface area contributed by atoms with Gasteiger partial charge >= 0.3 is 5.97 Å². The van der Waals surface area contributed by atoms with Crippen molar-refractivity contribution in [3.8, 4) is 16.2 Å². The van der Waals surface area contributed by atoms with E-state index in [9.17, 15) is 14.7 Å². The number of carboxylic acid groups (broad SMARTS) is 1. The number of rotatable bonds is 6. The number of carboxylic acids is 1. The van der Waals surface area contributed by atoms with E-state index < -0.39 is 11.9 Å². The molecule has 26 heavy (non-hydrogen) atoms. The number of furan rings is 1. The minimum Gasteiger partial charge on any atom is -0.494 e. The number of ether oxygens (including phenoxy) is 1. The van der Waals surface area contributed by atoms with Crippen molar-refractivity contribution >= 4 is 44.8 Å². The van der Waals surface area contributed by atoms with Crippen LogP contribution < -0.4 is 10.1 Å². The molecule has 0 aliphatic heterocycles. The van der Waals surface area contributed by atoms with Gasteiger partial charge < -0.3 is 19.6 Å². The Hall–Kier alpha value is -2.58. The van der Waals surface area contributed by atoms with Crippen molar-refractivity contribution in [2.75, 3.05) is 11.9 Å². The Bertz CT molecular complexity index is 945. The number of hydrogen-bond acceptors (Lipinski definition) is 5. The minimum absolute atomic E-state index is 0.0489. The molecule has 2 heterocycles. The molecule has 1 amide bonds. The number of carbonyl (C=O) groups is 2. The number of aromatic carboxylic acids is 1. The number of halogens is 1. The van der Waals surface area contributed by atoms with Crippen LogP contribution in [0.3, 0.4) is 0 Å². The lowest BCUT2D eigenvalue weighted by Gasteiger charge is -2.03. The van der Waals surface area contributed by atoms with Gasteiger partial charge in [-0.15, -0.1) is 11.3 Å². The SMILES string of the molecule is CCOc1ccc(-c2cc(NC(=O)c3ccc(Br)o3)c(C(=O)O)s2)cc1. The quantitative estimate of drug-likeness (QED) is 0.560. The first-order valence-corrected chi connectivity index (χ1v) is 9.26. The zero-order valence-electron chi connectivity index (χ0n) is 13.6. The van der Waals surface area contributed by atoms with Crippen molar-refractivity contribution in [2.24, 2.45) is 0 Å². The summed E-state index contributed by atoms with van der Waals surface area (Å²) in [5.74, 6) is -0.803. The standard InChI is InChI=1S/C18H14BrNO5S/c1-2-24-11-5-3-10(4-6-11)14-9-12(16(26-14)18(22)23)20-17(21)13-7-8-15(19)25-13/h3-9H,2H2,1H3,(H,20,21)(H,22,23). The summed E-state index contributed by atoms with van der Waals surface area (Å²) in [5.41, 5.74) is 1.06. The van der Waals surface area contributed by atoms with E-state index in [0.717, 1.165) is 27.5 Å². The molecule has 0 radical (unpaired) electrons. The van der Waals surface area contributed by atoms with Gasteiger partial charge in [0, 0.05) is 4.88 Å². The minimum atomic E-state index is -1.11. The Balaban J connectivity index is 1.88. The molecule has 0 bridgehead atoms. The molecule has 0 fully saturated rings. The highest BCUT2D eigenvalue weighted by atomic mass is 79.9. The van der Waals surface area contributed by atoms with E-state index in [1.807, 2.05) is 31.2 Å². The van der Waals surface area contributed by atoms with E-state index in [0.29, 0.717) is 11.3 Å². The predicted octanol–water partition coefficient (Wildman–Crippen LogP) is 5.12. The number of nitrogens with one attached hydrogen (secondary N) is 1. The summed E-state index contributed by atoms with van der Waals surface area (Å²) in [5, 5.41) is 12.0. The monoisotopic (exact) mass is 435 g/mol. The second-order valence-corrected chi connectivity index (χ2v) is 7.01. The van der Waals surface area contributed by atoms with E-state index in [-0.39, 0.29) is 16.3 Å². The fourth-order valence-corrected chi connectivity index (χ4v) is 3.55. The smallest absolute Gasteiger partial charge is 0.348 e. The third-order valence-corrected chi connectivity index (χ3v) is 5.02. The molecule has 3 aromatic rings. The molecule has 3 rings (SSSR count). The summed E-state index contributed by atoms with van der Waals surface area (Å²) in [7, 11) is 0. The van der Waals surface area contributed by atoms with Gasteiger partial charge in [-0.1, -0.05) is 0 Å². The molecule has 0 spiro atoms. The van der Waals surface area contributed by atoms with Gasteiger partial charge in [-0.05, 0) is 70.9 Å². The lowest BCUT2D eigenvalue weighted by atomic mass is 10.2. The molecule has 0 saturated heterocycles. The fourth-order valence-electron chi connectivity index (χ4n) is 2.29. The zero-order chi connectivity index (χ0) is 18.7. The van der Waals surface area contributed by atoms with Crippen LogP contribution in [-0.4, -0.2) is 23.6 Å². The van der Waals surface area contributed by atoms with Crippen LogP contribution in [0.2, 0.25) is 0 Å². The molecule has 0 atom stereocenters. The summed E-state index contributed by atoms with van der Waals surface area (Å²) in [6.45, 7) is 2.47. The zero-order valence-corrected chi connectivity index (χ0v) is 16.0. The van der Waals surface area contributed by atoms with E-state index in [1.54, 1.807) is 12.1 Å². The van der Waals surface area contributed by atoms with Crippen LogP contribution in [0.4, 0.5) is 5.69 Å². The highest BCUT2D eigenvalue weighted by Gasteiger charge is 2.20. The Morgan fingerprint density at radius 1 is 1.23 bits per heavy atom. The largest absolute Gasteiger partial charge is 0.494 e. The molecule has 0 aliphatic rings. The van der Waals surface area contributed by atoms with Crippen LogP contribution in [0, 0.1) is 0 Å². The van der Waals surface area contributed by atoms with Crippen LogP contribution in [-0.2, 0) is 0 Å². The first-order chi connectivity index (χ1) is 12.5. The molecule has 0 unspecified atom stereocenters. The van der Waals surface area contributed by atoms with Gasteiger partial charge in [0.1, 0.15) is 10.6 Å². The molecule has 6 nitrogen and oxygen atoms in total. The summed E-state index contributed by atoms with van der Waals surface area (Å²) in [4.78, 5) is 24.5. The highest BCUT2D eigenvalue weighted by Crippen LogP contribution is 2.36. The maximum absolute atomic E-state index is 12.2.